The highest BCUT2D eigenvalue weighted by Gasteiger charge is 2.22. The van der Waals surface area contributed by atoms with Crippen LogP contribution in [0.1, 0.15) is 92.3 Å². The second kappa shape index (κ2) is 14.0. The number of hydrogen-bond donors (Lipinski definition) is 0. The molecule has 2 aliphatic rings. The van der Waals surface area contributed by atoms with Crippen LogP contribution in [0.15, 0.2) is 41.1 Å². The van der Waals surface area contributed by atoms with Gasteiger partial charge < -0.3 is 14.5 Å². The molecule has 2 heterocycles. The zero-order chi connectivity index (χ0) is 25.9. The van der Waals surface area contributed by atoms with Gasteiger partial charge in [0.2, 0.25) is 0 Å². The van der Waals surface area contributed by atoms with Crippen LogP contribution in [0.4, 0.5) is 0 Å². The monoisotopic (exact) mass is 494 g/mol. The van der Waals surface area contributed by atoms with Gasteiger partial charge in [0.1, 0.15) is 6.10 Å². The van der Waals surface area contributed by atoms with Crippen molar-refractivity contribution in [3.8, 4) is 0 Å². The first kappa shape index (κ1) is 27.7. The Morgan fingerprint density at radius 2 is 1.92 bits per heavy atom. The maximum atomic E-state index is 13.4. The Bertz CT molecular complexity index is 1000. The van der Waals surface area contributed by atoms with Gasteiger partial charge in [0.15, 0.2) is 6.61 Å². The van der Waals surface area contributed by atoms with Crippen molar-refractivity contribution in [1.29, 1.82) is 0 Å². The topological polar surface area (TPSA) is 68.2 Å². The second-order valence-electron chi connectivity index (χ2n) is 10.1. The van der Waals surface area contributed by atoms with E-state index in [2.05, 4.69) is 31.2 Å². The molecule has 36 heavy (non-hydrogen) atoms. The van der Waals surface area contributed by atoms with Crippen molar-refractivity contribution in [3.05, 3.63) is 58.2 Å². The molecule has 0 saturated carbocycles. The van der Waals surface area contributed by atoms with Crippen LogP contribution in [0, 0.1) is 13.8 Å². The van der Waals surface area contributed by atoms with E-state index in [9.17, 15) is 9.59 Å². The standard InChI is InChI=1S/C30H42N2O4/c1-5-12-27-14-9-6-8-13-22(2)19-26(31-35-21-28(33)32-15-10-7-11-16-32)20-25-18-23(3)17-24(4)29(25)30(34)36-27/h6,9,17-19,27H,5,7-8,10-16,20-21H2,1-4H3/b9-6+,22-19+,31-26-. The number of allylic oxidation sites excluding steroid dienone is 3. The molecule has 0 N–H and O–H groups in total. The van der Waals surface area contributed by atoms with E-state index in [0.717, 1.165) is 74.7 Å². The molecule has 1 fully saturated rings. The molecule has 0 spiro atoms. The van der Waals surface area contributed by atoms with Crippen LogP contribution in [-0.2, 0) is 20.8 Å². The molecule has 0 radical (unpaired) electrons. The predicted molar refractivity (Wildman–Crippen MR) is 144 cm³/mol. The molecule has 196 valence electrons. The SMILES string of the molecule is CCCC1C/C=C/CC/C(C)=C/C(=N/OCC(=O)N2CCCCC2)Cc2cc(C)cc(C)c2C(=O)O1. The third kappa shape index (κ3) is 8.35. The number of rotatable bonds is 5. The lowest BCUT2D eigenvalue weighted by molar-refractivity contribution is -0.137. The number of amides is 1. The lowest BCUT2D eigenvalue weighted by Crippen LogP contribution is -2.37. The van der Waals surface area contributed by atoms with Crippen LogP contribution in [0.3, 0.4) is 0 Å². The molecule has 3 rings (SSSR count). The Morgan fingerprint density at radius 1 is 1.14 bits per heavy atom. The van der Waals surface area contributed by atoms with Crippen molar-refractivity contribution < 1.29 is 19.2 Å². The number of oxime groups is 1. The minimum atomic E-state index is -0.285. The minimum Gasteiger partial charge on any atom is -0.458 e. The fraction of sp³-hybridized carbons (Fsp3) is 0.567. The van der Waals surface area contributed by atoms with Crippen molar-refractivity contribution in [2.75, 3.05) is 19.7 Å². The molecule has 0 aromatic heterocycles. The maximum absolute atomic E-state index is 13.4. The number of nitrogens with zero attached hydrogens (tertiary/aromatic N) is 2. The number of likely N-dealkylation sites (tertiary alicyclic amines) is 1. The van der Waals surface area contributed by atoms with E-state index in [1.54, 1.807) is 0 Å². The largest absolute Gasteiger partial charge is 0.458 e. The van der Waals surface area contributed by atoms with Crippen LogP contribution in [0.5, 0.6) is 0 Å². The number of ether oxygens (including phenoxy) is 1. The van der Waals surface area contributed by atoms with Crippen molar-refractivity contribution in [3.63, 3.8) is 0 Å². The van der Waals surface area contributed by atoms with E-state index >= 15 is 0 Å². The summed E-state index contributed by atoms with van der Waals surface area (Å²) in [6.45, 7) is 9.69. The van der Waals surface area contributed by atoms with Gasteiger partial charge >= 0.3 is 5.97 Å². The molecule has 1 aromatic carbocycles. The molecule has 1 atom stereocenters. The molecule has 0 aliphatic carbocycles. The van der Waals surface area contributed by atoms with Gasteiger partial charge in [0, 0.05) is 25.9 Å². The van der Waals surface area contributed by atoms with Gasteiger partial charge in [-0.15, -0.1) is 0 Å². The van der Waals surface area contributed by atoms with Crippen LogP contribution >= 0.6 is 0 Å². The molecular formula is C30H42N2O4. The van der Waals surface area contributed by atoms with Crippen molar-refractivity contribution in [2.45, 2.75) is 91.6 Å². The van der Waals surface area contributed by atoms with Gasteiger partial charge in [0.25, 0.3) is 5.91 Å². The summed E-state index contributed by atoms with van der Waals surface area (Å²) in [7, 11) is 0. The number of carbonyl (C=O) groups excluding carboxylic acids is 2. The fourth-order valence-corrected chi connectivity index (χ4v) is 4.99. The van der Waals surface area contributed by atoms with Gasteiger partial charge in [-0.3, -0.25) is 4.79 Å². The van der Waals surface area contributed by atoms with E-state index in [0.29, 0.717) is 17.7 Å². The average molecular weight is 495 g/mol. The molecular weight excluding hydrogens is 452 g/mol. The molecule has 6 heteroatoms. The van der Waals surface area contributed by atoms with Gasteiger partial charge in [-0.25, -0.2) is 4.79 Å². The third-order valence-electron chi connectivity index (χ3n) is 6.78. The molecule has 2 aliphatic heterocycles. The van der Waals surface area contributed by atoms with Gasteiger partial charge in [0.05, 0.1) is 11.3 Å². The highest BCUT2D eigenvalue weighted by Crippen LogP contribution is 2.23. The smallest absolute Gasteiger partial charge is 0.338 e. The average Bonchev–Trinajstić information content (AvgIpc) is 2.83. The number of benzene rings is 1. The van der Waals surface area contributed by atoms with Crippen molar-refractivity contribution >= 4 is 17.6 Å². The fourth-order valence-electron chi connectivity index (χ4n) is 4.99. The Morgan fingerprint density at radius 3 is 2.67 bits per heavy atom. The number of esters is 1. The van der Waals surface area contributed by atoms with Crippen molar-refractivity contribution in [1.82, 2.24) is 4.90 Å². The molecule has 0 bridgehead atoms. The van der Waals surface area contributed by atoms with Gasteiger partial charge in [-0.1, -0.05) is 53.9 Å². The lowest BCUT2D eigenvalue weighted by atomic mass is 9.94. The molecule has 1 amide bonds. The number of fused-ring (bicyclic) bond motifs is 1. The zero-order valence-corrected chi connectivity index (χ0v) is 22.5. The van der Waals surface area contributed by atoms with E-state index in [1.807, 2.05) is 37.0 Å². The summed E-state index contributed by atoms with van der Waals surface area (Å²) in [4.78, 5) is 33.3. The quantitative estimate of drug-likeness (QED) is 0.276. The number of cyclic esters (lactones) is 1. The molecule has 6 nitrogen and oxygen atoms in total. The van der Waals surface area contributed by atoms with E-state index < -0.39 is 0 Å². The normalized spacial score (nSPS) is 23.2. The minimum absolute atomic E-state index is 0.0246. The van der Waals surface area contributed by atoms with Crippen LogP contribution in [-0.4, -0.2) is 48.3 Å². The summed E-state index contributed by atoms with van der Waals surface area (Å²) < 4.78 is 5.99. The first-order valence-electron chi connectivity index (χ1n) is 13.5. The highest BCUT2D eigenvalue weighted by molar-refractivity contribution is 6.00. The van der Waals surface area contributed by atoms with Crippen molar-refractivity contribution in [2.24, 2.45) is 5.16 Å². The van der Waals surface area contributed by atoms with Gasteiger partial charge in [-0.05, 0) is 76.5 Å². The zero-order valence-electron chi connectivity index (χ0n) is 22.5. The van der Waals surface area contributed by atoms with Crippen LogP contribution in [0.25, 0.3) is 0 Å². The predicted octanol–water partition coefficient (Wildman–Crippen LogP) is 6.24. The molecule has 1 saturated heterocycles. The van der Waals surface area contributed by atoms with E-state index in [-0.39, 0.29) is 24.6 Å². The third-order valence-corrected chi connectivity index (χ3v) is 6.78. The number of carbonyl (C=O) groups is 2. The molecule has 1 unspecified atom stereocenters. The Hall–Kier alpha value is -2.89. The Kier molecular flexibility index (Phi) is 10.8. The first-order chi connectivity index (χ1) is 17.4. The summed E-state index contributed by atoms with van der Waals surface area (Å²) in [5, 5.41) is 4.39. The number of hydrogen-bond acceptors (Lipinski definition) is 5. The number of aryl methyl sites for hydroxylation is 2. The number of piperidine rings is 1. The highest BCUT2D eigenvalue weighted by atomic mass is 16.6. The molecule has 1 aromatic rings. The second-order valence-corrected chi connectivity index (χ2v) is 10.1. The van der Waals surface area contributed by atoms with Gasteiger partial charge in [-0.2, -0.15) is 0 Å². The summed E-state index contributed by atoms with van der Waals surface area (Å²) in [6.07, 6.45) is 14.2. The lowest BCUT2D eigenvalue weighted by Gasteiger charge is -2.26. The summed E-state index contributed by atoms with van der Waals surface area (Å²) in [5.74, 6) is -0.309. The first-order valence-corrected chi connectivity index (χ1v) is 13.5. The maximum Gasteiger partial charge on any atom is 0.338 e. The Labute approximate surface area is 216 Å². The van der Waals surface area contributed by atoms with Crippen LogP contribution < -0.4 is 0 Å². The summed E-state index contributed by atoms with van der Waals surface area (Å²) in [6, 6.07) is 4.05. The van der Waals surface area contributed by atoms with Crippen LogP contribution in [0.2, 0.25) is 0 Å². The summed E-state index contributed by atoms with van der Waals surface area (Å²) in [5.41, 5.74) is 5.33. The van der Waals surface area contributed by atoms with E-state index in [1.165, 1.54) is 12.0 Å². The van der Waals surface area contributed by atoms with E-state index in [4.69, 9.17) is 9.57 Å². The summed E-state index contributed by atoms with van der Waals surface area (Å²) >= 11 is 0. The Balaban J connectivity index is 1.89.